The van der Waals surface area contributed by atoms with Gasteiger partial charge in [0, 0.05) is 0 Å². The summed E-state index contributed by atoms with van der Waals surface area (Å²) in [6, 6.07) is 5.92. The van der Waals surface area contributed by atoms with E-state index in [1.54, 1.807) is 14.2 Å². The van der Waals surface area contributed by atoms with Crippen LogP contribution in [-0.2, 0) is 6.16 Å². The van der Waals surface area contributed by atoms with E-state index in [9.17, 15) is 0 Å². The van der Waals surface area contributed by atoms with Crippen LogP contribution >= 0.6 is 26.2 Å². The summed E-state index contributed by atoms with van der Waals surface area (Å²) in [4.78, 5) is 0. The SMILES string of the molecule is Br.COc1ccc(CP)cc1OC. The quantitative estimate of drug-likeness (QED) is 0.782. The van der Waals surface area contributed by atoms with E-state index in [0.717, 1.165) is 17.7 Å². The number of methoxy groups -OCH3 is 2. The predicted octanol–water partition coefficient (Wildman–Crippen LogP) is 2.66. The van der Waals surface area contributed by atoms with Gasteiger partial charge in [-0.3, -0.25) is 0 Å². The number of rotatable bonds is 3. The maximum atomic E-state index is 5.14. The van der Waals surface area contributed by atoms with Crippen LogP contribution in [-0.4, -0.2) is 14.2 Å². The summed E-state index contributed by atoms with van der Waals surface area (Å²) >= 11 is 0. The van der Waals surface area contributed by atoms with Gasteiger partial charge in [0.05, 0.1) is 14.2 Å². The second kappa shape index (κ2) is 6.22. The second-order valence-electron chi connectivity index (χ2n) is 2.39. The number of hydrogen-bond acceptors (Lipinski definition) is 2. The largest absolute Gasteiger partial charge is 0.493 e. The van der Waals surface area contributed by atoms with Crippen LogP contribution in [0.5, 0.6) is 11.5 Å². The molecule has 0 saturated heterocycles. The third-order valence-corrected chi connectivity index (χ3v) is 2.16. The molecule has 0 bridgehead atoms. The van der Waals surface area contributed by atoms with Crippen molar-refractivity contribution in [2.45, 2.75) is 6.16 Å². The van der Waals surface area contributed by atoms with Gasteiger partial charge in [-0.05, 0) is 23.9 Å². The van der Waals surface area contributed by atoms with Gasteiger partial charge in [0.15, 0.2) is 11.5 Å². The third kappa shape index (κ3) is 3.17. The second-order valence-corrected chi connectivity index (χ2v) is 2.80. The first kappa shape index (κ1) is 12.7. The molecule has 4 heteroatoms. The van der Waals surface area contributed by atoms with Gasteiger partial charge in [0.25, 0.3) is 0 Å². The summed E-state index contributed by atoms with van der Waals surface area (Å²) in [6.45, 7) is 0. The maximum Gasteiger partial charge on any atom is 0.160 e. The van der Waals surface area contributed by atoms with Crippen LogP contribution in [0.3, 0.4) is 0 Å². The van der Waals surface area contributed by atoms with Gasteiger partial charge in [-0.25, -0.2) is 0 Å². The van der Waals surface area contributed by atoms with Gasteiger partial charge in [0.1, 0.15) is 0 Å². The monoisotopic (exact) mass is 264 g/mol. The number of hydrogen-bond donors (Lipinski definition) is 0. The molecule has 1 aromatic rings. The highest BCUT2D eigenvalue weighted by Crippen LogP contribution is 2.28. The molecule has 0 aliphatic heterocycles. The van der Waals surface area contributed by atoms with Gasteiger partial charge in [-0.1, -0.05) is 6.07 Å². The Labute approximate surface area is 91.6 Å². The fraction of sp³-hybridized carbons (Fsp3) is 0.333. The summed E-state index contributed by atoms with van der Waals surface area (Å²) < 4.78 is 10.2. The smallest absolute Gasteiger partial charge is 0.160 e. The average Bonchev–Trinajstić information content (AvgIpc) is 2.16. The molecule has 0 amide bonds. The molecular weight excluding hydrogens is 251 g/mol. The van der Waals surface area contributed by atoms with E-state index >= 15 is 0 Å². The van der Waals surface area contributed by atoms with Crippen LogP contribution in [0, 0.1) is 0 Å². The Kier molecular flexibility index (Phi) is 6.10. The first-order valence-corrected chi connectivity index (χ1v) is 4.54. The van der Waals surface area contributed by atoms with Crippen LogP contribution < -0.4 is 9.47 Å². The fourth-order valence-electron chi connectivity index (χ4n) is 1.01. The van der Waals surface area contributed by atoms with Crippen LogP contribution in [0.25, 0.3) is 0 Å². The van der Waals surface area contributed by atoms with Gasteiger partial charge >= 0.3 is 0 Å². The molecule has 0 saturated carbocycles. The zero-order chi connectivity index (χ0) is 8.97. The molecule has 74 valence electrons. The average molecular weight is 265 g/mol. The highest BCUT2D eigenvalue weighted by molar-refractivity contribution is 8.93. The molecule has 13 heavy (non-hydrogen) atoms. The van der Waals surface area contributed by atoms with Crippen molar-refractivity contribution in [1.82, 2.24) is 0 Å². The topological polar surface area (TPSA) is 18.5 Å². The van der Waals surface area contributed by atoms with Crippen molar-refractivity contribution in [1.29, 1.82) is 0 Å². The fourth-order valence-corrected chi connectivity index (χ4v) is 1.26. The van der Waals surface area contributed by atoms with E-state index in [4.69, 9.17) is 9.47 Å². The molecule has 0 fully saturated rings. The van der Waals surface area contributed by atoms with Crippen molar-refractivity contribution in [3.05, 3.63) is 23.8 Å². The van der Waals surface area contributed by atoms with E-state index in [0.29, 0.717) is 0 Å². The molecule has 0 N–H and O–H groups in total. The highest BCUT2D eigenvalue weighted by atomic mass is 79.9. The Balaban J connectivity index is 0.00000144. The molecule has 1 atom stereocenters. The molecule has 1 unspecified atom stereocenters. The van der Waals surface area contributed by atoms with E-state index in [1.807, 2.05) is 18.2 Å². The molecule has 0 aliphatic carbocycles. The zero-order valence-corrected chi connectivity index (χ0v) is 10.6. The first-order valence-electron chi connectivity index (χ1n) is 3.72. The Bertz CT molecular complexity index is 266. The van der Waals surface area contributed by atoms with E-state index in [1.165, 1.54) is 5.56 Å². The molecule has 0 aliphatic rings. The minimum absolute atomic E-state index is 0. The summed E-state index contributed by atoms with van der Waals surface area (Å²) in [6.07, 6.45) is 0.931. The van der Waals surface area contributed by atoms with Crippen molar-refractivity contribution in [3.63, 3.8) is 0 Å². The number of ether oxygens (including phenoxy) is 2. The van der Waals surface area contributed by atoms with Gasteiger partial charge < -0.3 is 9.47 Å². The van der Waals surface area contributed by atoms with Gasteiger partial charge in [-0.2, -0.15) is 0 Å². The van der Waals surface area contributed by atoms with Gasteiger partial charge in [0.2, 0.25) is 0 Å². The molecule has 1 aromatic carbocycles. The first-order chi connectivity index (χ1) is 5.81. The maximum absolute atomic E-state index is 5.14. The van der Waals surface area contributed by atoms with Crippen LogP contribution in [0.2, 0.25) is 0 Å². The van der Waals surface area contributed by atoms with Crippen molar-refractivity contribution < 1.29 is 9.47 Å². The molecule has 0 heterocycles. The zero-order valence-electron chi connectivity index (χ0n) is 7.74. The lowest BCUT2D eigenvalue weighted by atomic mass is 10.2. The van der Waals surface area contributed by atoms with Crippen molar-refractivity contribution in [2.24, 2.45) is 0 Å². The normalized spacial score (nSPS) is 8.85. The Hall–Kier alpha value is -0.270. The van der Waals surface area contributed by atoms with E-state index in [-0.39, 0.29) is 17.0 Å². The molecule has 0 aromatic heterocycles. The molecule has 2 nitrogen and oxygen atoms in total. The summed E-state index contributed by atoms with van der Waals surface area (Å²) in [5, 5.41) is 0. The van der Waals surface area contributed by atoms with Crippen molar-refractivity contribution in [2.75, 3.05) is 14.2 Å². The van der Waals surface area contributed by atoms with Crippen molar-refractivity contribution in [3.8, 4) is 11.5 Å². The molecule has 0 radical (unpaired) electrons. The Morgan fingerprint density at radius 3 is 2.23 bits per heavy atom. The molecule has 0 spiro atoms. The molecule has 1 rings (SSSR count). The summed E-state index contributed by atoms with van der Waals surface area (Å²) in [7, 11) is 5.95. The summed E-state index contributed by atoms with van der Waals surface area (Å²) in [5.74, 6) is 1.57. The number of halogens is 1. The lowest BCUT2D eigenvalue weighted by molar-refractivity contribution is 0.354. The molecular formula is C9H14BrO2P. The Morgan fingerprint density at radius 1 is 1.15 bits per heavy atom. The number of benzene rings is 1. The van der Waals surface area contributed by atoms with E-state index in [2.05, 4.69) is 9.24 Å². The lowest BCUT2D eigenvalue weighted by Crippen LogP contribution is -1.91. The highest BCUT2D eigenvalue weighted by Gasteiger charge is 2.02. The Morgan fingerprint density at radius 2 is 1.77 bits per heavy atom. The minimum atomic E-state index is 0. The van der Waals surface area contributed by atoms with E-state index < -0.39 is 0 Å². The minimum Gasteiger partial charge on any atom is -0.493 e. The summed E-state index contributed by atoms with van der Waals surface area (Å²) in [5.41, 5.74) is 1.22. The van der Waals surface area contributed by atoms with Crippen LogP contribution in [0.15, 0.2) is 18.2 Å². The van der Waals surface area contributed by atoms with Crippen LogP contribution in [0.4, 0.5) is 0 Å². The van der Waals surface area contributed by atoms with Gasteiger partial charge in [-0.15, -0.1) is 26.2 Å². The third-order valence-electron chi connectivity index (χ3n) is 1.68. The standard InChI is InChI=1S/C9H13O2P.BrH/c1-10-8-4-3-7(6-12)5-9(8)11-2;/h3-5H,6,12H2,1-2H3;1H. The predicted molar refractivity (Wildman–Crippen MR) is 63.3 cm³/mol. The lowest BCUT2D eigenvalue weighted by Gasteiger charge is -2.07. The van der Waals surface area contributed by atoms with Crippen molar-refractivity contribution >= 4 is 26.2 Å². The van der Waals surface area contributed by atoms with Crippen LogP contribution in [0.1, 0.15) is 5.56 Å².